The van der Waals surface area contributed by atoms with Crippen molar-refractivity contribution in [1.29, 1.82) is 0 Å². The average molecular weight is 158 g/mol. The third-order valence-electron chi connectivity index (χ3n) is 2.69. The normalized spacial score (nSPS) is 27.8. The Balaban J connectivity index is 2.22. The molecule has 0 amide bonds. The van der Waals surface area contributed by atoms with Gasteiger partial charge in [-0.05, 0) is 23.8 Å². The van der Waals surface area contributed by atoms with E-state index in [4.69, 9.17) is 0 Å². The molecule has 0 nitrogen and oxygen atoms in total. The quantitative estimate of drug-likeness (QED) is 0.550. The summed E-state index contributed by atoms with van der Waals surface area (Å²) in [6.45, 7) is 2.29. The highest BCUT2D eigenvalue weighted by atomic mass is 14.2. The van der Waals surface area contributed by atoms with E-state index in [0.717, 1.165) is 5.92 Å². The molecular formula is C12H14. The Morgan fingerprint density at radius 1 is 1.17 bits per heavy atom. The van der Waals surface area contributed by atoms with Gasteiger partial charge in [0.2, 0.25) is 0 Å². The fourth-order valence-corrected chi connectivity index (χ4v) is 1.93. The molecule has 0 saturated carbocycles. The summed E-state index contributed by atoms with van der Waals surface area (Å²) in [6.07, 6.45) is 5.82. The van der Waals surface area contributed by atoms with Crippen molar-refractivity contribution >= 4 is 0 Å². The maximum atomic E-state index is 2.32. The van der Waals surface area contributed by atoms with Gasteiger partial charge in [0, 0.05) is 0 Å². The van der Waals surface area contributed by atoms with Crippen LogP contribution < -0.4 is 0 Å². The first kappa shape index (κ1) is 7.60. The first-order chi connectivity index (χ1) is 5.88. The van der Waals surface area contributed by atoms with Crippen molar-refractivity contribution in [2.24, 2.45) is 5.92 Å². The highest BCUT2D eigenvalue weighted by Gasteiger charge is 2.19. The largest absolute Gasteiger partial charge is 0.0876 e. The minimum atomic E-state index is 0.715. The third kappa shape index (κ3) is 1.29. The van der Waals surface area contributed by atoms with Crippen molar-refractivity contribution in [2.45, 2.75) is 19.3 Å². The van der Waals surface area contributed by atoms with Crippen LogP contribution in [0.15, 0.2) is 42.5 Å². The van der Waals surface area contributed by atoms with Crippen molar-refractivity contribution in [3.8, 4) is 0 Å². The van der Waals surface area contributed by atoms with Crippen LogP contribution in [-0.4, -0.2) is 0 Å². The monoisotopic (exact) mass is 158 g/mol. The van der Waals surface area contributed by atoms with Gasteiger partial charge in [0.15, 0.2) is 0 Å². The molecule has 1 aliphatic carbocycles. The Morgan fingerprint density at radius 3 is 2.50 bits per heavy atom. The summed E-state index contributed by atoms with van der Waals surface area (Å²) in [5.74, 6) is 1.44. The maximum absolute atomic E-state index is 2.32. The minimum absolute atomic E-state index is 0.715. The minimum Gasteiger partial charge on any atom is -0.0876 e. The van der Waals surface area contributed by atoms with Crippen LogP contribution >= 0.6 is 0 Å². The average Bonchev–Trinajstić information content (AvgIpc) is 2.53. The Bertz CT molecular complexity index is 271. The van der Waals surface area contributed by atoms with Gasteiger partial charge >= 0.3 is 0 Å². The fourth-order valence-electron chi connectivity index (χ4n) is 1.93. The van der Waals surface area contributed by atoms with E-state index in [2.05, 4.69) is 49.4 Å². The SMILES string of the molecule is C[C@@H]1C=CCC1c1ccccc1. The predicted molar refractivity (Wildman–Crippen MR) is 52.1 cm³/mol. The zero-order valence-electron chi connectivity index (χ0n) is 7.40. The number of hydrogen-bond acceptors (Lipinski definition) is 0. The van der Waals surface area contributed by atoms with Crippen molar-refractivity contribution in [3.05, 3.63) is 48.0 Å². The van der Waals surface area contributed by atoms with Crippen molar-refractivity contribution in [1.82, 2.24) is 0 Å². The second-order valence-electron chi connectivity index (χ2n) is 3.54. The summed E-state index contributed by atoms with van der Waals surface area (Å²) in [5.41, 5.74) is 1.48. The Morgan fingerprint density at radius 2 is 1.92 bits per heavy atom. The molecule has 0 aliphatic heterocycles. The standard InChI is InChI=1S/C12H14/c1-10-6-5-9-12(10)11-7-3-2-4-8-11/h2-8,10,12H,9H2,1H3/t10-,12?/m1/s1. The van der Waals surface area contributed by atoms with Gasteiger partial charge in [-0.3, -0.25) is 0 Å². The van der Waals surface area contributed by atoms with Gasteiger partial charge in [0.1, 0.15) is 0 Å². The molecule has 1 aliphatic rings. The second-order valence-corrected chi connectivity index (χ2v) is 3.54. The molecule has 1 aromatic rings. The fraction of sp³-hybridized carbons (Fsp3) is 0.333. The first-order valence-corrected chi connectivity index (χ1v) is 4.59. The van der Waals surface area contributed by atoms with Crippen LogP contribution in [-0.2, 0) is 0 Å². The first-order valence-electron chi connectivity index (χ1n) is 4.59. The van der Waals surface area contributed by atoms with Crippen LogP contribution in [0.25, 0.3) is 0 Å². The van der Waals surface area contributed by atoms with Gasteiger partial charge in [-0.15, -0.1) is 0 Å². The molecule has 1 aromatic carbocycles. The highest BCUT2D eigenvalue weighted by Crippen LogP contribution is 2.33. The van der Waals surface area contributed by atoms with Crippen LogP contribution in [0.3, 0.4) is 0 Å². The summed E-state index contributed by atoms with van der Waals surface area (Å²) in [5, 5.41) is 0. The molecule has 2 atom stereocenters. The summed E-state index contributed by atoms with van der Waals surface area (Å²) >= 11 is 0. The zero-order chi connectivity index (χ0) is 8.39. The molecule has 1 unspecified atom stereocenters. The molecule has 0 fully saturated rings. The predicted octanol–water partition coefficient (Wildman–Crippen LogP) is 3.37. The van der Waals surface area contributed by atoms with E-state index in [1.165, 1.54) is 12.0 Å². The molecule has 0 heterocycles. The molecule has 0 bridgehead atoms. The van der Waals surface area contributed by atoms with Gasteiger partial charge in [-0.25, -0.2) is 0 Å². The lowest BCUT2D eigenvalue weighted by Gasteiger charge is -2.14. The summed E-state index contributed by atoms with van der Waals surface area (Å²) in [4.78, 5) is 0. The van der Waals surface area contributed by atoms with Crippen LogP contribution in [0.5, 0.6) is 0 Å². The molecule has 0 heteroatoms. The summed E-state index contributed by atoms with van der Waals surface area (Å²) in [6, 6.07) is 10.8. The Labute approximate surface area is 73.9 Å². The van der Waals surface area contributed by atoms with E-state index >= 15 is 0 Å². The molecule has 62 valence electrons. The molecule has 0 spiro atoms. The van der Waals surface area contributed by atoms with E-state index in [-0.39, 0.29) is 0 Å². The van der Waals surface area contributed by atoms with Crippen molar-refractivity contribution in [2.75, 3.05) is 0 Å². The number of allylic oxidation sites excluding steroid dienone is 2. The van der Waals surface area contributed by atoms with E-state index < -0.39 is 0 Å². The summed E-state index contributed by atoms with van der Waals surface area (Å²) in [7, 11) is 0. The molecular weight excluding hydrogens is 144 g/mol. The topological polar surface area (TPSA) is 0 Å². The number of benzene rings is 1. The second kappa shape index (κ2) is 3.14. The molecule has 0 saturated heterocycles. The van der Waals surface area contributed by atoms with Crippen LogP contribution in [0.1, 0.15) is 24.8 Å². The van der Waals surface area contributed by atoms with Crippen LogP contribution in [0.2, 0.25) is 0 Å². The summed E-state index contributed by atoms with van der Waals surface area (Å²) < 4.78 is 0. The van der Waals surface area contributed by atoms with Gasteiger partial charge in [-0.2, -0.15) is 0 Å². The molecule has 0 aromatic heterocycles. The van der Waals surface area contributed by atoms with Gasteiger partial charge in [0.05, 0.1) is 0 Å². The van der Waals surface area contributed by atoms with Crippen LogP contribution in [0.4, 0.5) is 0 Å². The van der Waals surface area contributed by atoms with Crippen molar-refractivity contribution in [3.63, 3.8) is 0 Å². The van der Waals surface area contributed by atoms with Gasteiger partial charge in [0.25, 0.3) is 0 Å². The van der Waals surface area contributed by atoms with Gasteiger partial charge in [-0.1, -0.05) is 49.4 Å². The smallest absolute Gasteiger partial charge is 0.00671 e. The van der Waals surface area contributed by atoms with Crippen LogP contribution in [0, 0.1) is 5.92 Å². The zero-order valence-corrected chi connectivity index (χ0v) is 7.40. The molecule has 0 N–H and O–H groups in total. The Hall–Kier alpha value is -1.04. The third-order valence-corrected chi connectivity index (χ3v) is 2.69. The van der Waals surface area contributed by atoms with E-state index in [1.54, 1.807) is 0 Å². The van der Waals surface area contributed by atoms with E-state index in [0.29, 0.717) is 5.92 Å². The van der Waals surface area contributed by atoms with E-state index in [9.17, 15) is 0 Å². The highest BCUT2D eigenvalue weighted by molar-refractivity contribution is 5.24. The molecule has 2 rings (SSSR count). The maximum Gasteiger partial charge on any atom is -0.00671 e. The molecule has 0 radical (unpaired) electrons. The lowest BCUT2D eigenvalue weighted by atomic mass is 9.90. The van der Waals surface area contributed by atoms with Gasteiger partial charge < -0.3 is 0 Å². The lowest BCUT2D eigenvalue weighted by Crippen LogP contribution is -2.01. The number of hydrogen-bond donors (Lipinski definition) is 0. The van der Waals surface area contributed by atoms with E-state index in [1.807, 2.05) is 0 Å². The number of rotatable bonds is 1. The molecule has 12 heavy (non-hydrogen) atoms. The lowest BCUT2D eigenvalue weighted by molar-refractivity contribution is 0.588. The Kier molecular flexibility index (Phi) is 1.99. The van der Waals surface area contributed by atoms with Crippen molar-refractivity contribution < 1.29 is 0 Å².